The molecule has 1 aliphatic rings. The molecule has 2 aromatic rings. The van der Waals surface area contributed by atoms with Gasteiger partial charge in [-0.05, 0) is 80.0 Å². The number of likely N-dealkylation sites (tertiary alicyclic amines) is 1. The summed E-state index contributed by atoms with van der Waals surface area (Å²) < 4.78 is 23.1. The van der Waals surface area contributed by atoms with Crippen LogP contribution in [0, 0.1) is 35.5 Å². The topological polar surface area (TPSA) is 347 Å². The predicted octanol–water partition coefficient (Wildman–Crippen LogP) is 5.53. The Bertz CT molecular complexity index is 2840. The number of aliphatic carboxylic acids is 1. The molecule has 532 valence electrons. The number of hydrogen-bond donors (Lipinski definition) is 8. The van der Waals surface area contributed by atoms with Gasteiger partial charge in [0.1, 0.15) is 42.6 Å². The lowest BCUT2D eigenvalue weighted by atomic mass is 9.89. The van der Waals surface area contributed by atoms with E-state index in [2.05, 4.69) is 31.9 Å². The summed E-state index contributed by atoms with van der Waals surface area (Å²) in [6.45, 7) is 23.1. The molecule has 8 N–H and O–H groups in total. The van der Waals surface area contributed by atoms with Gasteiger partial charge in [-0.25, -0.2) is 4.79 Å². The SMILES string of the molecule is CC[C@H](C)[C@@H]([C@@H](CC(=O)N1CCC[C@H]1[C@H](OC)[C@@H](C)C(=O)N[C@H](C)[C@@H](O)c1ccccc1)OC)N(C)C(=O)[C@@H](NC(=O)[C@H](C(C)C)N(C)C(=O)OCc1ccc(NC(=O)[C@H](C)NC(=O)[C@@H](NC(=O)[C@H](CCC(=O)O)NC(=O)CCOCCC(=O)C(C)C)C(C)C)cc1)C(C)C. The number of nitrogens with one attached hydrogen (secondary N) is 6. The van der Waals surface area contributed by atoms with Crippen LogP contribution in [0.3, 0.4) is 0 Å². The second-order valence-corrected chi connectivity index (χ2v) is 26.3. The van der Waals surface area contributed by atoms with E-state index in [1.54, 1.807) is 122 Å². The van der Waals surface area contributed by atoms with Crippen molar-refractivity contribution in [3.63, 3.8) is 0 Å². The first-order valence-corrected chi connectivity index (χ1v) is 33.2. The summed E-state index contributed by atoms with van der Waals surface area (Å²) in [5.74, 6) is -7.94. The number of rotatable bonds is 40. The number of Topliss-reactive ketones (excluding diaryl/α,β-unsaturated/α-hetero) is 1. The van der Waals surface area contributed by atoms with Gasteiger partial charge in [0.2, 0.25) is 47.3 Å². The van der Waals surface area contributed by atoms with E-state index in [-0.39, 0.29) is 74.9 Å². The highest BCUT2D eigenvalue weighted by molar-refractivity contribution is 5.99. The molecule has 0 aromatic heterocycles. The first-order chi connectivity index (χ1) is 44.7. The van der Waals surface area contributed by atoms with E-state index < -0.39 is 144 Å². The second kappa shape index (κ2) is 40.1. The van der Waals surface area contributed by atoms with Crippen molar-refractivity contribution < 1.29 is 81.9 Å². The van der Waals surface area contributed by atoms with Gasteiger partial charge in [0.05, 0.1) is 62.0 Å². The van der Waals surface area contributed by atoms with Crippen LogP contribution in [0.15, 0.2) is 54.6 Å². The van der Waals surface area contributed by atoms with Crippen molar-refractivity contribution in [1.82, 2.24) is 41.3 Å². The Balaban J connectivity index is 1.64. The number of aliphatic hydroxyl groups excluding tert-OH is 1. The molecule has 1 aliphatic heterocycles. The molecule has 3 rings (SSSR count). The van der Waals surface area contributed by atoms with E-state index >= 15 is 0 Å². The summed E-state index contributed by atoms with van der Waals surface area (Å²) >= 11 is 0. The zero-order chi connectivity index (χ0) is 71.6. The van der Waals surface area contributed by atoms with E-state index in [0.29, 0.717) is 42.6 Å². The van der Waals surface area contributed by atoms with Gasteiger partial charge < -0.3 is 70.9 Å². The predicted molar refractivity (Wildman–Crippen MR) is 357 cm³/mol. The van der Waals surface area contributed by atoms with Crippen molar-refractivity contribution in [3.05, 3.63) is 65.7 Å². The number of carboxylic acid groups (broad SMARTS) is 1. The molecule has 26 nitrogen and oxygen atoms in total. The summed E-state index contributed by atoms with van der Waals surface area (Å²) in [4.78, 5) is 152. The molecule has 1 saturated heterocycles. The molecule has 0 radical (unpaired) electrons. The lowest BCUT2D eigenvalue weighted by Crippen LogP contribution is -2.60. The number of amides is 9. The molecule has 0 spiro atoms. The molecule has 13 atom stereocenters. The Morgan fingerprint density at radius 3 is 1.83 bits per heavy atom. The fourth-order valence-corrected chi connectivity index (χ4v) is 11.6. The van der Waals surface area contributed by atoms with Gasteiger partial charge in [0.25, 0.3) is 0 Å². The zero-order valence-electron chi connectivity index (χ0n) is 58.9. The maximum atomic E-state index is 14.8. The number of nitrogens with zero attached hydrogens (tertiary/aromatic N) is 3. The number of carbonyl (C=O) groups is 11. The first kappa shape index (κ1) is 81.7. The van der Waals surface area contributed by atoms with Gasteiger partial charge in [0, 0.05) is 65.7 Å². The minimum atomic E-state index is -1.31. The van der Waals surface area contributed by atoms with Crippen LogP contribution in [0.2, 0.25) is 0 Å². The number of likely N-dealkylation sites (N-methyl/N-ethyl adjacent to an activating group) is 2. The Kier molecular flexibility index (Phi) is 34.5. The number of ketones is 1. The average Bonchev–Trinajstić information content (AvgIpc) is 1.80. The third-order valence-electron chi connectivity index (χ3n) is 17.6. The Morgan fingerprint density at radius 1 is 0.663 bits per heavy atom. The molecule has 0 aliphatic carbocycles. The molecule has 9 amide bonds. The van der Waals surface area contributed by atoms with Crippen molar-refractivity contribution >= 4 is 70.8 Å². The third kappa shape index (κ3) is 25.2. The van der Waals surface area contributed by atoms with Gasteiger partial charge in [-0.3, -0.25) is 52.8 Å². The van der Waals surface area contributed by atoms with Gasteiger partial charge >= 0.3 is 12.1 Å². The number of hydrogen-bond acceptors (Lipinski definition) is 16. The van der Waals surface area contributed by atoms with Crippen molar-refractivity contribution in [1.29, 1.82) is 0 Å². The van der Waals surface area contributed by atoms with Crippen LogP contribution in [0.4, 0.5) is 10.5 Å². The number of methoxy groups -OCH3 is 2. The molecule has 1 heterocycles. The molecule has 95 heavy (non-hydrogen) atoms. The summed E-state index contributed by atoms with van der Waals surface area (Å²) in [6, 6.07) is 7.91. The van der Waals surface area contributed by atoms with Gasteiger partial charge in [-0.1, -0.05) is 125 Å². The minimum Gasteiger partial charge on any atom is -0.481 e. The molecule has 0 unspecified atom stereocenters. The van der Waals surface area contributed by atoms with Gasteiger partial charge in [-0.2, -0.15) is 0 Å². The van der Waals surface area contributed by atoms with Crippen LogP contribution in [-0.2, 0) is 73.5 Å². The number of aliphatic hydroxyl groups is 1. The Morgan fingerprint density at radius 2 is 1.27 bits per heavy atom. The van der Waals surface area contributed by atoms with Crippen LogP contribution in [0.1, 0.15) is 159 Å². The summed E-state index contributed by atoms with van der Waals surface area (Å²) in [5.41, 5.74) is 1.52. The van der Waals surface area contributed by atoms with Crippen molar-refractivity contribution in [2.75, 3.05) is 53.4 Å². The van der Waals surface area contributed by atoms with Crippen molar-refractivity contribution in [2.24, 2.45) is 35.5 Å². The van der Waals surface area contributed by atoms with Crippen LogP contribution >= 0.6 is 0 Å². The van der Waals surface area contributed by atoms with E-state index in [1.807, 2.05) is 32.0 Å². The first-order valence-electron chi connectivity index (χ1n) is 33.2. The second-order valence-electron chi connectivity index (χ2n) is 26.3. The number of benzene rings is 2. The number of carbonyl (C=O) groups excluding carboxylic acids is 10. The largest absolute Gasteiger partial charge is 0.481 e. The van der Waals surface area contributed by atoms with E-state index in [1.165, 1.54) is 33.1 Å². The van der Waals surface area contributed by atoms with E-state index in [9.17, 15) is 63.0 Å². The number of ether oxygens (including phenoxy) is 4. The van der Waals surface area contributed by atoms with Crippen LogP contribution in [0.25, 0.3) is 0 Å². The van der Waals surface area contributed by atoms with E-state index in [0.717, 1.165) is 0 Å². The van der Waals surface area contributed by atoms with Gasteiger partial charge in [0.15, 0.2) is 0 Å². The standard InChI is InChI=1S/C69H109N9O17/c1-18-43(10)60(53(92-16)37-55(81)78-34-22-25-51(78)62(93-17)44(11)63(85)70-45(12)61(84)48-23-20-19-21-24-48)76(14)68(90)58(41(6)7)75-67(89)59(42(8)9)77(15)69(91)95-38-47-26-28-49(29-27-47)72-64(86)46(13)71-66(88)57(40(4)5)74-65(87)50(30-31-56(82)83)73-54(80)33-36-94-35-32-52(79)39(2)3/h19-21,23-24,26-29,39-46,50-51,53,57-62,84H,18,22,25,30-38H2,1-17H3,(H,70,85)(H,71,88)(H,72,86)(H,73,80)(H,74,87)(H,75,89)(H,82,83)/t43-,44+,45+,46-,50-,51-,53+,57-,58-,59-,60-,61+,62+/m0/s1. The Hall–Kier alpha value is -7.55. The lowest BCUT2D eigenvalue weighted by Gasteiger charge is -2.41. The number of carboxylic acids is 1. The number of anilines is 1. The lowest BCUT2D eigenvalue weighted by molar-refractivity contribution is -0.148. The zero-order valence-corrected chi connectivity index (χ0v) is 58.9. The summed E-state index contributed by atoms with van der Waals surface area (Å²) in [6.07, 6.45) is -2.16. The fourth-order valence-electron chi connectivity index (χ4n) is 11.6. The Labute approximate surface area is 561 Å². The maximum absolute atomic E-state index is 14.8. The fraction of sp³-hybridized carbons (Fsp3) is 0.667. The average molecular weight is 1340 g/mol. The molecular formula is C69H109N9O17. The summed E-state index contributed by atoms with van der Waals surface area (Å²) in [5, 5.41) is 36.6. The molecule has 0 bridgehead atoms. The molecule has 26 heteroatoms. The van der Waals surface area contributed by atoms with Crippen LogP contribution in [0.5, 0.6) is 0 Å². The van der Waals surface area contributed by atoms with Crippen molar-refractivity contribution in [2.45, 2.75) is 215 Å². The molecule has 0 saturated carbocycles. The van der Waals surface area contributed by atoms with E-state index in [4.69, 9.17) is 18.9 Å². The molecule has 1 fully saturated rings. The highest BCUT2D eigenvalue weighted by Gasteiger charge is 2.44. The molecular weight excluding hydrogens is 1230 g/mol. The smallest absolute Gasteiger partial charge is 0.410 e. The highest BCUT2D eigenvalue weighted by Crippen LogP contribution is 2.31. The van der Waals surface area contributed by atoms with Gasteiger partial charge in [-0.15, -0.1) is 0 Å². The summed E-state index contributed by atoms with van der Waals surface area (Å²) in [7, 11) is 6.06. The van der Waals surface area contributed by atoms with Crippen molar-refractivity contribution in [3.8, 4) is 0 Å². The third-order valence-corrected chi connectivity index (χ3v) is 17.6. The normalized spacial score (nSPS) is 16.9. The minimum absolute atomic E-state index is 0.00763. The quantitative estimate of drug-likeness (QED) is 0.0380. The highest BCUT2D eigenvalue weighted by atomic mass is 16.6. The van der Waals surface area contributed by atoms with Crippen LogP contribution < -0.4 is 31.9 Å². The van der Waals surface area contributed by atoms with Crippen LogP contribution in [-0.4, -0.2) is 199 Å². The maximum Gasteiger partial charge on any atom is 0.410 e. The monoisotopic (exact) mass is 1340 g/mol. The molecule has 2 aromatic carbocycles.